The first-order valence-electron chi connectivity index (χ1n) is 3.65. The highest BCUT2D eigenvalue weighted by Crippen LogP contribution is 2.35. The summed E-state index contributed by atoms with van der Waals surface area (Å²) in [6.45, 7) is 1.28. The SMILES string of the molecule is Cc1c(O)ccc(N)c1OC(F)(F)F. The molecule has 1 aromatic carbocycles. The van der Waals surface area contributed by atoms with Crippen molar-refractivity contribution in [1.82, 2.24) is 0 Å². The van der Waals surface area contributed by atoms with Crippen molar-refractivity contribution >= 4 is 5.69 Å². The number of nitrogens with two attached hydrogens (primary N) is 1. The highest BCUT2D eigenvalue weighted by molar-refractivity contribution is 5.60. The van der Waals surface area contributed by atoms with Gasteiger partial charge in [0, 0.05) is 5.56 Å². The molecule has 1 rings (SSSR count). The third-order valence-electron chi connectivity index (χ3n) is 1.63. The lowest BCUT2D eigenvalue weighted by molar-refractivity contribution is -0.274. The Morgan fingerprint density at radius 1 is 1.36 bits per heavy atom. The minimum Gasteiger partial charge on any atom is -0.508 e. The van der Waals surface area contributed by atoms with Crippen LogP contribution in [0.25, 0.3) is 0 Å². The van der Waals surface area contributed by atoms with Crippen molar-refractivity contribution < 1.29 is 23.0 Å². The van der Waals surface area contributed by atoms with Crippen molar-refractivity contribution in [3.63, 3.8) is 0 Å². The van der Waals surface area contributed by atoms with Gasteiger partial charge < -0.3 is 15.6 Å². The van der Waals surface area contributed by atoms with E-state index in [1.54, 1.807) is 0 Å². The molecule has 0 heterocycles. The van der Waals surface area contributed by atoms with Crippen LogP contribution in [0.5, 0.6) is 11.5 Å². The van der Waals surface area contributed by atoms with Gasteiger partial charge in [-0.05, 0) is 19.1 Å². The first kappa shape index (κ1) is 10.5. The molecule has 0 amide bonds. The zero-order chi connectivity index (χ0) is 10.9. The second-order valence-corrected chi connectivity index (χ2v) is 2.68. The Morgan fingerprint density at radius 3 is 2.43 bits per heavy atom. The number of benzene rings is 1. The van der Waals surface area contributed by atoms with Crippen molar-refractivity contribution in [2.45, 2.75) is 13.3 Å². The zero-order valence-electron chi connectivity index (χ0n) is 7.22. The summed E-state index contributed by atoms with van der Waals surface area (Å²) < 4.78 is 39.3. The van der Waals surface area contributed by atoms with E-state index < -0.39 is 12.1 Å². The van der Waals surface area contributed by atoms with Gasteiger partial charge in [0.1, 0.15) is 5.75 Å². The van der Waals surface area contributed by atoms with Gasteiger partial charge in [-0.3, -0.25) is 0 Å². The fraction of sp³-hybridized carbons (Fsp3) is 0.250. The summed E-state index contributed by atoms with van der Waals surface area (Å²) >= 11 is 0. The molecule has 0 bridgehead atoms. The summed E-state index contributed by atoms with van der Waals surface area (Å²) in [5.41, 5.74) is 5.05. The van der Waals surface area contributed by atoms with Crippen LogP contribution >= 0.6 is 0 Å². The van der Waals surface area contributed by atoms with Crippen molar-refractivity contribution in [3.8, 4) is 11.5 Å². The van der Waals surface area contributed by atoms with Crippen LogP contribution in [-0.2, 0) is 0 Å². The molecular weight excluding hydrogens is 199 g/mol. The Balaban J connectivity index is 3.13. The number of rotatable bonds is 1. The maximum atomic E-state index is 11.9. The van der Waals surface area contributed by atoms with E-state index in [-0.39, 0.29) is 17.0 Å². The molecule has 78 valence electrons. The molecule has 0 aliphatic rings. The molecule has 0 unspecified atom stereocenters. The minimum atomic E-state index is -4.81. The second-order valence-electron chi connectivity index (χ2n) is 2.68. The van der Waals surface area contributed by atoms with E-state index in [0.717, 1.165) is 6.07 Å². The van der Waals surface area contributed by atoms with Crippen molar-refractivity contribution in [2.75, 3.05) is 5.73 Å². The number of nitrogen functional groups attached to an aromatic ring is 1. The standard InChI is InChI=1S/C8H8F3NO2/c1-4-6(13)3-2-5(12)7(4)14-8(9,10)11/h2-3,13H,12H2,1H3. The number of ether oxygens (including phenoxy) is 1. The summed E-state index contributed by atoms with van der Waals surface area (Å²) in [5.74, 6) is -0.851. The average Bonchev–Trinajstić information content (AvgIpc) is 2.04. The molecule has 0 spiro atoms. The molecular formula is C8H8F3NO2. The van der Waals surface area contributed by atoms with Gasteiger partial charge in [-0.15, -0.1) is 13.2 Å². The van der Waals surface area contributed by atoms with Gasteiger partial charge in [0.25, 0.3) is 0 Å². The number of alkyl halides is 3. The van der Waals surface area contributed by atoms with Crippen molar-refractivity contribution in [3.05, 3.63) is 17.7 Å². The Hall–Kier alpha value is -1.59. The summed E-state index contributed by atoms with van der Waals surface area (Å²) in [6, 6.07) is 2.34. The van der Waals surface area contributed by atoms with E-state index >= 15 is 0 Å². The number of anilines is 1. The van der Waals surface area contributed by atoms with Gasteiger partial charge in [-0.25, -0.2) is 0 Å². The molecule has 3 N–H and O–H groups in total. The molecule has 0 atom stereocenters. The summed E-state index contributed by atoms with van der Waals surface area (Å²) in [4.78, 5) is 0. The molecule has 0 saturated heterocycles. The fourth-order valence-electron chi connectivity index (χ4n) is 0.953. The smallest absolute Gasteiger partial charge is 0.508 e. The van der Waals surface area contributed by atoms with Gasteiger partial charge >= 0.3 is 6.36 Å². The van der Waals surface area contributed by atoms with Crippen LogP contribution in [0.15, 0.2) is 12.1 Å². The normalized spacial score (nSPS) is 11.4. The van der Waals surface area contributed by atoms with Crippen LogP contribution < -0.4 is 10.5 Å². The number of hydrogen-bond donors (Lipinski definition) is 2. The Bertz CT molecular complexity index is 349. The largest absolute Gasteiger partial charge is 0.573 e. The molecule has 14 heavy (non-hydrogen) atoms. The molecule has 0 aliphatic heterocycles. The topological polar surface area (TPSA) is 55.5 Å². The third kappa shape index (κ3) is 2.21. The van der Waals surface area contributed by atoms with Crippen LogP contribution in [0.4, 0.5) is 18.9 Å². The molecule has 6 heteroatoms. The van der Waals surface area contributed by atoms with E-state index in [2.05, 4.69) is 4.74 Å². The van der Waals surface area contributed by atoms with Crippen molar-refractivity contribution in [2.24, 2.45) is 0 Å². The molecule has 3 nitrogen and oxygen atoms in total. The summed E-state index contributed by atoms with van der Waals surface area (Å²) in [5, 5.41) is 9.12. The third-order valence-corrected chi connectivity index (χ3v) is 1.63. The van der Waals surface area contributed by atoms with Crippen molar-refractivity contribution in [1.29, 1.82) is 0 Å². The quantitative estimate of drug-likeness (QED) is 0.548. The number of hydrogen-bond acceptors (Lipinski definition) is 3. The fourth-order valence-corrected chi connectivity index (χ4v) is 0.953. The molecule has 0 aromatic heterocycles. The lowest BCUT2D eigenvalue weighted by atomic mass is 10.2. The predicted molar refractivity (Wildman–Crippen MR) is 43.9 cm³/mol. The molecule has 0 aliphatic carbocycles. The highest BCUT2D eigenvalue weighted by Gasteiger charge is 2.33. The van der Waals surface area contributed by atoms with Gasteiger partial charge in [0.05, 0.1) is 5.69 Å². The molecule has 1 aromatic rings. The Morgan fingerprint density at radius 2 is 1.93 bits per heavy atom. The van der Waals surface area contributed by atoms with E-state index in [9.17, 15) is 13.2 Å². The highest BCUT2D eigenvalue weighted by atomic mass is 19.4. The molecule has 0 fully saturated rings. The van der Waals surface area contributed by atoms with Crippen LogP contribution in [0.1, 0.15) is 5.56 Å². The predicted octanol–water partition coefficient (Wildman–Crippen LogP) is 2.18. The number of phenolic OH excluding ortho intramolecular Hbond substituents is 1. The van der Waals surface area contributed by atoms with E-state index in [1.165, 1.54) is 13.0 Å². The van der Waals surface area contributed by atoms with E-state index in [1.807, 2.05) is 0 Å². The van der Waals surface area contributed by atoms with Gasteiger partial charge in [-0.1, -0.05) is 0 Å². The number of aromatic hydroxyl groups is 1. The monoisotopic (exact) mass is 207 g/mol. The average molecular weight is 207 g/mol. The van der Waals surface area contributed by atoms with Crippen LogP contribution in [0.2, 0.25) is 0 Å². The summed E-state index contributed by atoms with van der Waals surface area (Å²) in [6.07, 6.45) is -4.81. The van der Waals surface area contributed by atoms with Gasteiger partial charge in [-0.2, -0.15) is 0 Å². The lowest BCUT2D eigenvalue weighted by Crippen LogP contribution is -2.18. The summed E-state index contributed by atoms with van der Waals surface area (Å²) in [7, 11) is 0. The number of phenols is 1. The Kier molecular flexibility index (Phi) is 2.46. The zero-order valence-corrected chi connectivity index (χ0v) is 7.22. The molecule has 0 saturated carbocycles. The van der Waals surface area contributed by atoms with Crippen LogP contribution in [-0.4, -0.2) is 11.5 Å². The number of halogens is 3. The van der Waals surface area contributed by atoms with E-state index in [4.69, 9.17) is 10.8 Å². The Labute approximate surface area is 77.9 Å². The van der Waals surface area contributed by atoms with Crippen LogP contribution in [0, 0.1) is 6.92 Å². The molecule has 0 radical (unpaired) electrons. The maximum Gasteiger partial charge on any atom is 0.573 e. The van der Waals surface area contributed by atoms with Crippen LogP contribution in [0.3, 0.4) is 0 Å². The lowest BCUT2D eigenvalue weighted by Gasteiger charge is -2.13. The first-order chi connectivity index (χ1) is 6.31. The van der Waals surface area contributed by atoms with Gasteiger partial charge in [0.2, 0.25) is 0 Å². The van der Waals surface area contributed by atoms with Gasteiger partial charge in [0.15, 0.2) is 5.75 Å². The van der Waals surface area contributed by atoms with E-state index in [0.29, 0.717) is 0 Å². The second kappa shape index (κ2) is 3.28. The minimum absolute atomic E-state index is 0.0395. The first-order valence-corrected chi connectivity index (χ1v) is 3.65. The maximum absolute atomic E-state index is 11.9.